The zero-order valence-electron chi connectivity index (χ0n) is 48.2. The molecule has 0 saturated carbocycles. The van der Waals surface area contributed by atoms with E-state index in [0.29, 0.717) is 12.0 Å². The highest BCUT2D eigenvalue weighted by molar-refractivity contribution is 7.46. The van der Waals surface area contributed by atoms with Gasteiger partial charge in [-0.15, -0.1) is 0 Å². The van der Waals surface area contributed by atoms with E-state index in [2.05, 4.69) is 57.7 Å². The van der Waals surface area contributed by atoms with E-state index in [1.807, 2.05) is 0 Å². The standard InChI is InChI=1S/C52H78N13O21P/c1-25(2)42(51(81)62-35(47(77)57-24-41(72)73)20-30-11-15-32(16-12-30)86-87(83,84)85)64-50(80)37(22-38(55)68)61-45(75)27(4)58-39(69)23-56-46(76)34(17-18-40(70)71)60-48(78)33(8-6-7-19-53)59-49(79)36(21-29-9-13-31(67)14-10-29)63-52(82)43(28(5)66)65-44(74)26(3)54/h9-16,25-28,33-37,42-43,66-67H,6-8,17-24,53-54H2,1-5H3,(H2,55,68)(H,56,76)(H,57,77)(H,58,69)(H,59,79)(H,60,78)(H,61,75)(H,62,81)(H,63,82)(H,64,80)(H,65,74)(H,70,71)(H,72,73)(H2,83,84,85)/t26-,27-,28+,33-,34-,35-,36-,37-,42-,43-/m0/s1. The van der Waals surface area contributed by atoms with Crippen molar-refractivity contribution < 1.29 is 102 Å². The van der Waals surface area contributed by atoms with Crippen LogP contribution in [-0.2, 0) is 79.7 Å². The van der Waals surface area contributed by atoms with Crippen LogP contribution >= 0.6 is 7.82 Å². The summed E-state index contributed by atoms with van der Waals surface area (Å²) in [7, 11) is -4.93. The third-order valence-electron chi connectivity index (χ3n) is 12.5. The number of hydrogen-bond acceptors (Lipinski definition) is 19. The summed E-state index contributed by atoms with van der Waals surface area (Å²) in [5.74, 6) is -15.4. The lowest BCUT2D eigenvalue weighted by molar-refractivity contribution is -0.139. The van der Waals surface area contributed by atoms with Crippen LogP contribution < -0.4 is 74.9 Å². The summed E-state index contributed by atoms with van der Waals surface area (Å²) in [5.41, 5.74) is 17.4. The number of nitrogens with one attached hydrogen (secondary N) is 10. The lowest BCUT2D eigenvalue weighted by atomic mass is 10.00. The first-order valence-corrected chi connectivity index (χ1v) is 28.6. The number of carbonyl (C=O) groups is 13. The number of aliphatic hydroxyl groups excluding tert-OH is 1. The third-order valence-corrected chi connectivity index (χ3v) is 12.9. The normalized spacial score (nSPS) is 14.6. The van der Waals surface area contributed by atoms with Gasteiger partial charge in [0.05, 0.1) is 25.1 Å². The SMILES string of the molecule is CC(C)[C@H](NC(=O)[C@H](CC(N)=O)NC(=O)[C@H](C)NC(=O)CNC(=O)[C@H](CCC(=O)O)NC(=O)[C@H](CCCCN)NC(=O)[C@H](Cc1ccc(O)cc1)NC(=O)[C@@H](NC(=O)[C@H](C)N)[C@@H](C)O)C(=O)N[C@@H](Cc1ccc(OP(=O)(O)O)cc1)C(=O)NCC(=O)O. The molecule has 34 nitrogen and oxygen atoms in total. The van der Waals surface area contributed by atoms with Gasteiger partial charge in [0, 0.05) is 19.3 Å². The van der Waals surface area contributed by atoms with Crippen LogP contribution in [-0.4, -0.2) is 187 Å². The Bertz CT molecular complexity index is 2800. The lowest BCUT2D eigenvalue weighted by Gasteiger charge is -2.27. The Labute approximate surface area is 498 Å². The summed E-state index contributed by atoms with van der Waals surface area (Å²) in [4.78, 5) is 188. The van der Waals surface area contributed by atoms with E-state index in [-0.39, 0.29) is 49.3 Å². The fourth-order valence-corrected chi connectivity index (χ4v) is 8.23. The van der Waals surface area contributed by atoms with E-state index in [4.69, 9.17) is 32.1 Å². The Morgan fingerprint density at radius 3 is 1.49 bits per heavy atom. The molecule has 0 aliphatic carbocycles. The van der Waals surface area contributed by atoms with Crippen LogP contribution in [0.1, 0.15) is 84.3 Å². The molecule has 0 aliphatic rings. The highest BCUT2D eigenvalue weighted by Gasteiger charge is 2.36. The van der Waals surface area contributed by atoms with Crippen LogP contribution in [0.4, 0.5) is 0 Å². The fourth-order valence-electron chi connectivity index (χ4n) is 7.83. The molecule has 87 heavy (non-hydrogen) atoms. The second-order valence-electron chi connectivity index (χ2n) is 20.4. The molecule has 0 saturated heterocycles. The van der Waals surface area contributed by atoms with Gasteiger partial charge in [0.25, 0.3) is 0 Å². The molecule has 10 atom stereocenters. The first-order valence-electron chi connectivity index (χ1n) is 27.1. The summed E-state index contributed by atoms with van der Waals surface area (Å²) in [6, 6.07) is -3.42. The van der Waals surface area contributed by atoms with Crippen molar-refractivity contribution in [2.75, 3.05) is 19.6 Å². The maximum Gasteiger partial charge on any atom is 0.524 e. The Balaban J connectivity index is 2.28. The number of rotatable bonds is 38. The van der Waals surface area contributed by atoms with E-state index in [1.54, 1.807) is 0 Å². The summed E-state index contributed by atoms with van der Waals surface area (Å²) in [5, 5.41) is 62.1. The number of carboxylic acid groups (broad SMARTS) is 2. The Hall–Kier alpha value is -8.82. The van der Waals surface area contributed by atoms with Crippen LogP contribution in [0, 0.1) is 5.92 Å². The summed E-state index contributed by atoms with van der Waals surface area (Å²) in [6.07, 6.45) is -3.80. The topological polar surface area (TPSA) is 568 Å². The molecule has 11 amide bonds. The predicted molar refractivity (Wildman–Crippen MR) is 303 cm³/mol. The van der Waals surface area contributed by atoms with Gasteiger partial charge in [-0.25, -0.2) is 4.57 Å². The van der Waals surface area contributed by atoms with Gasteiger partial charge in [0.2, 0.25) is 65.0 Å². The number of aliphatic carboxylic acids is 2. The van der Waals surface area contributed by atoms with Gasteiger partial charge in [-0.1, -0.05) is 38.1 Å². The number of nitrogens with two attached hydrogens (primary N) is 3. The number of unbranched alkanes of at least 4 members (excludes halogenated alkanes) is 1. The maximum absolute atomic E-state index is 14.1. The van der Waals surface area contributed by atoms with Gasteiger partial charge in [-0.3, -0.25) is 72.1 Å². The van der Waals surface area contributed by atoms with Crippen molar-refractivity contribution in [1.82, 2.24) is 53.2 Å². The van der Waals surface area contributed by atoms with E-state index < -0.39 is 183 Å². The average Bonchev–Trinajstić information content (AvgIpc) is 3.14. The summed E-state index contributed by atoms with van der Waals surface area (Å²) in [6.45, 7) is 4.98. The molecule has 0 unspecified atom stereocenters. The second kappa shape index (κ2) is 36.2. The molecule has 482 valence electrons. The molecule has 0 aliphatic heterocycles. The van der Waals surface area contributed by atoms with E-state index >= 15 is 0 Å². The molecule has 22 N–H and O–H groups in total. The molecule has 0 bridgehead atoms. The molecule has 2 aromatic carbocycles. The van der Waals surface area contributed by atoms with Gasteiger partial charge in [-0.2, -0.15) is 0 Å². The zero-order chi connectivity index (χ0) is 65.9. The monoisotopic (exact) mass is 1250 g/mol. The average molecular weight is 1250 g/mol. The second-order valence-corrected chi connectivity index (χ2v) is 21.5. The molecule has 0 heterocycles. The first kappa shape index (κ1) is 74.3. The number of hydrogen-bond donors (Lipinski definition) is 19. The quantitative estimate of drug-likeness (QED) is 0.0220. The van der Waals surface area contributed by atoms with Crippen LogP contribution in [0.5, 0.6) is 11.5 Å². The van der Waals surface area contributed by atoms with Crippen LogP contribution in [0.3, 0.4) is 0 Å². The van der Waals surface area contributed by atoms with E-state index in [1.165, 1.54) is 64.1 Å². The minimum atomic E-state index is -4.93. The highest BCUT2D eigenvalue weighted by atomic mass is 31.2. The molecule has 0 spiro atoms. The van der Waals surface area contributed by atoms with Crippen molar-refractivity contribution in [2.45, 2.75) is 146 Å². The molecular formula is C52H78N13O21P. The first-order chi connectivity index (χ1) is 40.6. The van der Waals surface area contributed by atoms with Crippen LogP contribution in [0.15, 0.2) is 48.5 Å². The Morgan fingerprint density at radius 2 is 1.00 bits per heavy atom. The Morgan fingerprint density at radius 1 is 0.540 bits per heavy atom. The fraction of sp³-hybridized carbons (Fsp3) is 0.519. The number of carbonyl (C=O) groups excluding carboxylic acids is 11. The van der Waals surface area contributed by atoms with Crippen molar-refractivity contribution in [3.05, 3.63) is 59.7 Å². The predicted octanol–water partition coefficient (Wildman–Crippen LogP) is -5.88. The molecule has 0 fully saturated rings. The van der Waals surface area contributed by atoms with Gasteiger partial charge < -0.3 is 95.3 Å². The van der Waals surface area contributed by atoms with Gasteiger partial charge in [0.1, 0.15) is 66.4 Å². The van der Waals surface area contributed by atoms with Crippen LogP contribution in [0.25, 0.3) is 0 Å². The third kappa shape index (κ3) is 28.3. The number of primary amides is 1. The minimum absolute atomic E-state index is 0.123. The number of phosphoric acid groups is 1. The molecule has 0 aromatic heterocycles. The highest BCUT2D eigenvalue weighted by Crippen LogP contribution is 2.37. The van der Waals surface area contributed by atoms with Crippen molar-refractivity contribution in [1.29, 1.82) is 0 Å². The largest absolute Gasteiger partial charge is 0.524 e. The van der Waals surface area contributed by atoms with E-state index in [0.717, 1.165) is 19.1 Å². The van der Waals surface area contributed by atoms with Crippen molar-refractivity contribution in [3.8, 4) is 11.5 Å². The summed E-state index contributed by atoms with van der Waals surface area (Å²) < 4.78 is 15.8. The number of benzene rings is 2. The number of phosphoric ester groups is 1. The van der Waals surface area contributed by atoms with Crippen molar-refractivity contribution in [2.24, 2.45) is 23.1 Å². The van der Waals surface area contributed by atoms with Gasteiger partial charge in [0.15, 0.2) is 0 Å². The summed E-state index contributed by atoms with van der Waals surface area (Å²) >= 11 is 0. The number of aromatic hydroxyl groups is 1. The van der Waals surface area contributed by atoms with E-state index in [9.17, 15) is 82.2 Å². The van der Waals surface area contributed by atoms with Crippen LogP contribution in [0.2, 0.25) is 0 Å². The number of aliphatic hydroxyl groups is 1. The number of carboxylic acids is 2. The zero-order valence-corrected chi connectivity index (χ0v) is 49.1. The molecule has 2 aromatic rings. The Kier molecular flexibility index (Phi) is 30.9. The van der Waals surface area contributed by atoms with Gasteiger partial charge >= 0.3 is 19.8 Å². The molecular weight excluding hydrogens is 1170 g/mol. The smallest absolute Gasteiger partial charge is 0.508 e. The molecule has 2 rings (SSSR count). The minimum Gasteiger partial charge on any atom is -0.508 e. The number of phenolic OH excluding ortho intramolecular Hbond substituents is 1. The molecule has 35 heteroatoms. The van der Waals surface area contributed by atoms with Crippen molar-refractivity contribution in [3.63, 3.8) is 0 Å². The number of phenols is 1. The van der Waals surface area contributed by atoms with Crippen molar-refractivity contribution >= 4 is 84.7 Å². The molecule has 0 radical (unpaired) electrons. The number of amides is 11. The van der Waals surface area contributed by atoms with Gasteiger partial charge in [-0.05, 0) is 94.3 Å². The maximum atomic E-state index is 14.1. The lowest BCUT2D eigenvalue weighted by Crippen LogP contribution is -2.61.